The van der Waals surface area contributed by atoms with Crippen molar-refractivity contribution in [1.82, 2.24) is 0 Å². The van der Waals surface area contributed by atoms with E-state index in [-0.39, 0.29) is 49.8 Å². The second kappa shape index (κ2) is 28.1. The van der Waals surface area contributed by atoms with E-state index in [4.69, 9.17) is 20.1 Å². The van der Waals surface area contributed by atoms with Gasteiger partial charge < -0.3 is 19.5 Å². The summed E-state index contributed by atoms with van der Waals surface area (Å²) in [6.45, 7) is 20.9. The Morgan fingerprint density at radius 2 is 0.673 bits per heavy atom. The molecule has 0 saturated carbocycles. The molecule has 2 aliphatic rings. The zero-order chi connectivity index (χ0) is 39.0. The molecule has 2 heterocycles. The van der Waals surface area contributed by atoms with Crippen LogP contribution in [0.2, 0.25) is 0 Å². The first-order valence-corrected chi connectivity index (χ1v) is 19.8. The Labute approximate surface area is 362 Å². The molecular formula is C46H66CaN6O2+2. The Morgan fingerprint density at radius 1 is 0.436 bits per heavy atom. The topological polar surface area (TPSA) is 81.1 Å². The molecule has 0 aromatic heterocycles. The summed E-state index contributed by atoms with van der Waals surface area (Å²) >= 11 is 0. The van der Waals surface area contributed by atoms with Gasteiger partial charge in [-0.05, 0) is 130 Å². The van der Waals surface area contributed by atoms with Crippen LogP contribution >= 0.6 is 0 Å². The van der Waals surface area contributed by atoms with E-state index in [2.05, 4.69) is 124 Å². The fourth-order valence-corrected chi connectivity index (χ4v) is 5.44. The van der Waals surface area contributed by atoms with Crippen LogP contribution in [0.25, 0.3) is 10.6 Å². The summed E-state index contributed by atoms with van der Waals surface area (Å²) in [6.07, 6.45) is 5.11. The first kappa shape index (κ1) is 47.8. The number of hydrogen-bond donors (Lipinski definition) is 2. The van der Waals surface area contributed by atoms with Gasteiger partial charge in [0.2, 0.25) is 11.9 Å². The van der Waals surface area contributed by atoms with Gasteiger partial charge in [0.1, 0.15) is 0 Å². The maximum absolute atomic E-state index is 4.94. The molecule has 0 atom stereocenters. The standard InChI is InChI=1S/2C19H24N3.2C4H8O.Ca/c2*1-15(2)20-19(21-16(3)4)22(17-11-7-5-8-12-17)18-13-9-6-10-14-18;2*1-2-4-5-3-1;/h2*5-16H,1-4H3;2*1-4H2;/q2*-1;;;+2/p+2. The van der Waals surface area contributed by atoms with Crippen LogP contribution in [0.15, 0.2) is 121 Å². The number of nitrogens with one attached hydrogen (secondary N) is 2. The fraction of sp³-hybridized carbons (Fsp3) is 0.435. The summed E-state index contributed by atoms with van der Waals surface area (Å²) in [5.41, 5.74) is 4.39. The molecule has 0 unspecified atom stereocenters. The van der Waals surface area contributed by atoms with Crippen LogP contribution in [0.4, 0.5) is 22.7 Å². The third-order valence-corrected chi connectivity index (χ3v) is 7.73. The van der Waals surface area contributed by atoms with Crippen molar-refractivity contribution in [2.45, 2.75) is 105 Å². The molecule has 8 nitrogen and oxygen atoms in total. The zero-order valence-corrected chi connectivity index (χ0v) is 37.0. The predicted molar refractivity (Wildman–Crippen MR) is 235 cm³/mol. The summed E-state index contributed by atoms with van der Waals surface area (Å²) in [7, 11) is 0. The molecular weight excluding hydrogens is 709 g/mol. The van der Waals surface area contributed by atoms with Gasteiger partial charge in [0.05, 0.1) is 0 Å². The van der Waals surface area contributed by atoms with E-state index < -0.39 is 0 Å². The SMILES string of the molecule is C1CCOC1.C1CCOC1.CC(C)[N-]C(=[NH+]C(C)C)N(c1ccccc1)c1ccccc1.CC(C)[N-]C(=[NH+]C(C)C)N(c1ccccc1)c1ccccc1.[Ca+2]. The molecule has 2 saturated heterocycles. The van der Waals surface area contributed by atoms with Gasteiger partial charge in [-0.15, -0.1) is 0 Å². The van der Waals surface area contributed by atoms with Crippen LogP contribution < -0.4 is 19.8 Å². The minimum atomic E-state index is 0. The Kier molecular flexibility index (Phi) is 24.4. The molecule has 0 spiro atoms. The molecule has 2 fully saturated rings. The van der Waals surface area contributed by atoms with Crippen molar-refractivity contribution in [3.05, 3.63) is 132 Å². The molecule has 55 heavy (non-hydrogen) atoms. The van der Waals surface area contributed by atoms with E-state index in [9.17, 15) is 0 Å². The Bertz CT molecular complexity index is 1360. The van der Waals surface area contributed by atoms with Gasteiger partial charge >= 0.3 is 37.7 Å². The van der Waals surface area contributed by atoms with Gasteiger partial charge in [-0.2, -0.15) is 0 Å². The Balaban J connectivity index is 0.000000298. The number of guanidine groups is 2. The van der Waals surface area contributed by atoms with Crippen molar-refractivity contribution in [3.8, 4) is 0 Å². The van der Waals surface area contributed by atoms with Gasteiger partial charge in [0, 0.05) is 73.3 Å². The summed E-state index contributed by atoms with van der Waals surface area (Å²) in [5, 5.41) is 9.60. The molecule has 292 valence electrons. The molecule has 0 aliphatic carbocycles. The molecule has 2 N–H and O–H groups in total. The van der Waals surface area contributed by atoms with Gasteiger partial charge in [0.15, 0.2) is 0 Å². The molecule has 0 radical (unpaired) electrons. The van der Waals surface area contributed by atoms with Crippen molar-refractivity contribution in [3.63, 3.8) is 0 Å². The molecule has 9 heteroatoms. The maximum Gasteiger partial charge on any atom is 2.00 e. The largest absolute Gasteiger partial charge is 2.00 e. The molecule has 4 aromatic rings. The second-order valence-electron chi connectivity index (χ2n) is 14.3. The van der Waals surface area contributed by atoms with E-state index >= 15 is 0 Å². The van der Waals surface area contributed by atoms with Crippen molar-refractivity contribution in [1.29, 1.82) is 0 Å². The van der Waals surface area contributed by atoms with Crippen molar-refractivity contribution in [2.75, 3.05) is 36.2 Å². The number of nitrogens with zero attached hydrogens (tertiary/aromatic N) is 4. The van der Waals surface area contributed by atoms with Crippen LogP contribution in [0.3, 0.4) is 0 Å². The number of rotatable bonds is 8. The monoisotopic (exact) mass is 774 g/mol. The van der Waals surface area contributed by atoms with Gasteiger partial charge in [0.25, 0.3) is 0 Å². The second-order valence-corrected chi connectivity index (χ2v) is 14.3. The van der Waals surface area contributed by atoms with E-state index in [1.807, 2.05) is 72.8 Å². The molecule has 2 aliphatic heterocycles. The van der Waals surface area contributed by atoms with Gasteiger partial charge in [-0.1, -0.05) is 72.8 Å². The fourth-order valence-electron chi connectivity index (χ4n) is 5.44. The third kappa shape index (κ3) is 19.3. The van der Waals surface area contributed by atoms with Crippen LogP contribution in [-0.2, 0) is 9.47 Å². The summed E-state index contributed by atoms with van der Waals surface area (Å²) in [5.74, 6) is 1.75. The van der Waals surface area contributed by atoms with Crippen LogP contribution in [-0.4, -0.2) is 100 Å². The van der Waals surface area contributed by atoms with E-state index in [1.54, 1.807) is 0 Å². The van der Waals surface area contributed by atoms with E-state index in [0.717, 1.165) is 61.1 Å². The summed E-state index contributed by atoms with van der Waals surface area (Å²) < 4.78 is 9.89. The zero-order valence-electron chi connectivity index (χ0n) is 34.8. The van der Waals surface area contributed by atoms with Gasteiger partial charge in [-0.25, -0.2) is 10.6 Å². The number of benzene rings is 4. The molecule has 4 aromatic carbocycles. The minimum absolute atomic E-state index is 0. The Morgan fingerprint density at radius 3 is 0.836 bits per heavy atom. The quantitative estimate of drug-likeness (QED) is 0.108. The average molecular weight is 775 g/mol. The normalized spacial score (nSPS) is 13.8. The van der Waals surface area contributed by atoms with Crippen molar-refractivity contribution < 1.29 is 19.5 Å². The van der Waals surface area contributed by atoms with E-state index in [1.165, 1.54) is 25.7 Å². The number of ether oxygens (including phenoxy) is 2. The van der Waals surface area contributed by atoms with Crippen LogP contribution in [0.1, 0.15) is 81.1 Å². The van der Waals surface area contributed by atoms with Crippen molar-refractivity contribution >= 4 is 72.4 Å². The van der Waals surface area contributed by atoms with Crippen molar-refractivity contribution in [2.24, 2.45) is 0 Å². The van der Waals surface area contributed by atoms with Gasteiger partial charge in [-0.3, -0.25) is 9.80 Å². The number of para-hydroxylation sites is 4. The summed E-state index contributed by atoms with van der Waals surface area (Å²) in [4.78, 5) is 11.3. The molecule has 0 amide bonds. The first-order chi connectivity index (χ1) is 26.2. The first-order valence-electron chi connectivity index (χ1n) is 19.8. The maximum atomic E-state index is 4.94. The number of hydrogen-bond acceptors (Lipinski definition) is 2. The third-order valence-electron chi connectivity index (χ3n) is 7.73. The molecule has 6 rings (SSSR count). The smallest absolute Gasteiger partial charge is 0.381 e. The summed E-state index contributed by atoms with van der Waals surface area (Å²) in [6, 6.07) is 42.4. The predicted octanol–water partition coefficient (Wildman–Crippen LogP) is 8.12. The minimum Gasteiger partial charge on any atom is -0.381 e. The number of anilines is 4. The average Bonchev–Trinajstić information content (AvgIpc) is 3.94. The molecule has 0 bridgehead atoms. The van der Waals surface area contributed by atoms with Crippen LogP contribution in [0.5, 0.6) is 0 Å². The van der Waals surface area contributed by atoms with Crippen LogP contribution in [0, 0.1) is 0 Å². The van der Waals surface area contributed by atoms with E-state index in [0.29, 0.717) is 12.1 Å². The Hall–Kier alpha value is -3.40.